The lowest BCUT2D eigenvalue weighted by molar-refractivity contribution is -0.147. The Morgan fingerprint density at radius 1 is 1.39 bits per heavy atom. The standard InChI is InChI=1S/C12H14ClNO3S/c13-9-4-3-8(18-9)7-10(15)14-12(11(16)17)5-1-2-6-12/h3-4H,1-2,5-7H2,(H,14,15)(H,16,17). The highest BCUT2D eigenvalue weighted by molar-refractivity contribution is 7.16. The van der Waals surface area contributed by atoms with Crippen LogP contribution in [0.2, 0.25) is 4.34 Å². The van der Waals surface area contributed by atoms with Crippen LogP contribution in [0.3, 0.4) is 0 Å². The molecule has 1 aliphatic rings. The number of carboxylic acids is 1. The summed E-state index contributed by atoms with van der Waals surface area (Å²) in [5.41, 5.74) is -1.06. The minimum atomic E-state index is -1.06. The van der Waals surface area contributed by atoms with Crippen molar-refractivity contribution in [3.63, 3.8) is 0 Å². The fourth-order valence-electron chi connectivity index (χ4n) is 2.29. The predicted molar refractivity (Wildman–Crippen MR) is 70.0 cm³/mol. The maximum absolute atomic E-state index is 11.9. The van der Waals surface area contributed by atoms with Gasteiger partial charge < -0.3 is 10.4 Å². The summed E-state index contributed by atoms with van der Waals surface area (Å²) < 4.78 is 0.631. The van der Waals surface area contributed by atoms with Crippen LogP contribution in [-0.4, -0.2) is 22.5 Å². The fourth-order valence-corrected chi connectivity index (χ4v) is 3.37. The number of halogens is 1. The minimum Gasteiger partial charge on any atom is -0.480 e. The number of hydrogen-bond donors (Lipinski definition) is 2. The molecule has 0 aromatic carbocycles. The molecular weight excluding hydrogens is 274 g/mol. The van der Waals surface area contributed by atoms with Crippen LogP contribution in [-0.2, 0) is 16.0 Å². The predicted octanol–water partition coefficient (Wildman–Crippen LogP) is 2.46. The molecule has 2 N–H and O–H groups in total. The van der Waals surface area contributed by atoms with Crippen LogP contribution in [0.5, 0.6) is 0 Å². The summed E-state index contributed by atoms with van der Waals surface area (Å²) in [6.45, 7) is 0. The van der Waals surface area contributed by atoms with E-state index in [0.717, 1.165) is 17.7 Å². The van der Waals surface area contributed by atoms with E-state index in [1.54, 1.807) is 12.1 Å². The van der Waals surface area contributed by atoms with Crippen molar-refractivity contribution in [2.45, 2.75) is 37.6 Å². The average Bonchev–Trinajstić information content (AvgIpc) is 2.89. The second kappa shape index (κ2) is 5.28. The first-order chi connectivity index (χ1) is 8.52. The Morgan fingerprint density at radius 3 is 2.56 bits per heavy atom. The number of aliphatic carboxylic acids is 1. The molecule has 4 nitrogen and oxygen atoms in total. The molecule has 0 spiro atoms. The second-order valence-electron chi connectivity index (χ2n) is 4.53. The van der Waals surface area contributed by atoms with Gasteiger partial charge in [0.2, 0.25) is 5.91 Å². The van der Waals surface area contributed by atoms with Gasteiger partial charge in [0.25, 0.3) is 0 Å². The molecule has 0 bridgehead atoms. The number of carboxylic acid groups (broad SMARTS) is 1. The summed E-state index contributed by atoms with van der Waals surface area (Å²) in [4.78, 5) is 24.0. The van der Waals surface area contributed by atoms with Crippen LogP contribution in [0.15, 0.2) is 12.1 Å². The molecule has 0 unspecified atom stereocenters. The zero-order chi connectivity index (χ0) is 13.2. The van der Waals surface area contributed by atoms with E-state index in [9.17, 15) is 14.7 Å². The highest BCUT2D eigenvalue weighted by atomic mass is 35.5. The van der Waals surface area contributed by atoms with E-state index in [0.29, 0.717) is 17.2 Å². The maximum atomic E-state index is 11.9. The number of rotatable bonds is 4. The maximum Gasteiger partial charge on any atom is 0.329 e. The number of nitrogens with one attached hydrogen (secondary N) is 1. The van der Waals surface area contributed by atoms with Crippen molar-refractivity contribution in [1.29, 1.82) is 0 Å². The molecule has 6 heteroatoms. The van der Waals surface area contributed by atoms with Crippen LogP contribution < -0.4 is 5.32 Å². The van der Waals surface area contributed by atoms with Gasteiger partial charge in [-0.2, -0.15) is 0 Å². The van der Waals surface area contributed by atoms with Gasteiger partial charge in [0.05, 0.1) is 10.8 Å². The average molecular weight is 288 g/mol. The lowest BCUT2D eigenvalue weighted by Gasteiger charge is -2.25. The quantitative estimate of drug-likeness (QED) is 0.894. The molecule has 1 fully saturated rings. The monoisotopic (exact) mass is 287 g/mol. The first-order valence-corrected chi connectivity index (χ1v) is 7.00. The first kappa shape index (κ1) is 13.4. The summed E-state index contributed by atoms with van der Waals surface area (Å²) in [7, 11) is 0. The third-order valence-electron chi connectivity index (χ3n) is 3.21. The van der Waals surface area contributed by atoms with Crippen LogP contribution in [0.1, 0.15) is 30.6 Å². The Labute approximate surface area is 114 Å². The van der Waals surface area contributed by atoms with Gasteiger partial charge in [-0.05, 0) is 25.0 Å². The summed E-state index contributed by atoms with van der Waals surface area (Å²) >= 11 is 7.12. The Kier molecular flexibility index (Phi) is 3.92. The number of amides is 1. The molecule has 1 aromatic rings. The molecule has 1 saturated carbocycles. The lowest BCUT2D eigenvalue weighted by Crippen LogP contribution is -2.52. The fraction of sp³-hybridized carbons (Fsp3) is 0.500. The van der Waals surface area contributed by atoms with Gasteiger partial charge in [0, 0.05) is 4.88 Å². The number of carbonyl (C=O) groups is 2. The molecule has 1 aliphatic carbocycles. The molecule has 0 aliphatic heterocycles. The van der Waals surface area contributed by atoms with Gasteiger partial charge in [-0.3, -0.25) is 4.79 Å². The van der Waals surface area contributed by atoms with Crippen LogP contribution in [0.4, 0.5) is 0 Å². The third kappa shape index (κ3) is 2.84. The molecule has 98 valence electrons. The lowest BCUT2D eigenvalue weighted by atomic mass is 9.97. The van der Waals surface area contributed by atoms with Crippen molar-refractivity contribution in [3.8, 4) is 0 Å². The van der Waals surface area contributed by atoms with Gasteiger partial charge in [0.15, 0.2) is 0 Å². The van der Waals surface area contributed by atoms with E-state index in [-0.39, 0.29) is 12.3 Å². The first-order valence-electron chi connectivity index (χ1n) is 5.80. The normalized spacial score (nSPS) is 17.6. The van der Waals surface area contributed by atoms with Gasteiger partial charge in [-0.25, -0.2) is 4.79 Å². The van der Waals surface area contributed by atoms with Crippen molar-refractivity contribution >= 4 is 34.8 Å². The summed E-state index contributed by atoms with van der Waals surface area (Å²) in [6, 6.07) is 3.52. The van der Waals surface area contributed by atoms with Gasteiger partial charge >= 0.3 is 5.97 Å². The Morgan fingerprint density at radius 2 is 2.06 bits per heavy atom. The Bertz CT molecular complexity index is 466. The highest BCUT2D eigenvalue weighted by Gasteiger charge is 2.42. The summed E-state index contributed by atoms with van der Waals surface area (Å²) in [6.07, 6.45) is 2.90. The molecule has 0 radical (unpaired) electrons. The molecule has 1 aromatic heterocycles. The largest absolute Gasteiger partial charge is 0.480 e. The van der Waals surface area contributed by atoms with E-state index < -0.39 is 11.5 Å². The molecule has 2 rings (SSSR count). The van der Waals surface area contributed by atoms with Crippen molar-refractivity contribution in [2.24, 2.45) is 0 Å². The van der Waals surface area contributed by atoms with E-state index in [2.05, 4.69) is 5.32 Å². The van der Waals surface area contributed by atoms with E-state index >= 15 is 0 Å². The number of carbonyl (C=O) groups excluding carboxylic acids is 1. The number of thiophene rings is 1. The topological polar surface area (TPSA) is 66.4 Å². The molecule has 0 atom stereocenters. The molecule has 18 heavy (non-hydrogen) atoms. The van der Waals surface area contributed by atoms with Crippen molar-refractivity contribution in [3.05, 3.63) is 21.3 Å². The van der Waals surface area contributed by atoms with Gasteiger partial charge in [-0.15, -0.1) is 11.3 Å². The summed E-state index contributed by atoms with van der Waals surface area (Å²) in [5, 5.41) is 11.9. The molecule has 1 amide bonds. The number of hydrogen-bond acceptors (Lipinski definition) is 3. The Balaban J connectivity index is 1.99. The third-order valence-corrected chi connectivity index (χ3v) is 4.44. The molecule has 1 heterocycles. The van der Waals surface area contributed by atoms with E-state index in [4.69, 9.17) is 11.6 Å². The van der Waals surface area contributed by atoms with Crippen molar-refractivity contribution in [1.82, 2.24) is 5.32 Å². The van der Waals surface area contributed by atoms with Crippen molar-refractivity contribution < 1.29 is 14.7 Å². The SMILES string of the molecule is O=C(Cc1ccc(Cl)s1)NC1(C(=O)O)CCCC1. The van der Waals surface area contributed by atoms with Crippen LogP contribution >= 0.6 is 22.9 Å². The molecule has 0 saturated heterocycles. The van der Waals surface area contributed by atoms with Gasteiger partial charge in [-0.1, -0.05) is 24.4 Å². The zero-order valence-electron chi connectivity index (χ0n) is 9.74. The smallest absolute Gasteiger partial charge is 0.329 e. The van der Waals surface area contributed by atoms with Crippen LogP contribution in [0.25, 0.3) is 0 Å². The van der Waals surface area contributed by atoms with Crippen LogP contribution in [0, 0.1) is 0 Å². The van der Waals surface area contributed by atoms with Gasteiger partial charge in [0.1, 0.15) is 5.54 Å². The second-order valence-corrected chi connectivity index (χ2v) is 6.32. The Hall–Kier alpha value is -1.07. The van der Waals surface area contributed by atoms with Crippen molar-refractivity contribution in [2.75, 3.05) is 0 Å². The minimum absolute atomic E-state index is 0.187. The van der Waals surface area contributed by atoms with E-state index in [1.165, 1.54) is 11.3 Å². The highest BCUT2D eigenvalue weighted by Crippen LogP contribution is 2.30. The zero-order valence-corrected chi connectivity index (χ0v) is 11.3. The van der Waals surface area contributed by atoms with E-state index in [1.807, 2.05) is 0 Å². The molecular formula is C12H14ClNO3S. The summed E-state index contributed by atoms with van der Waals surface area (Å²) in [5.74, 6) is -1.18.